The van der Waals surface area contributed by atoms with Crippen molar-refractivity contribution in [1.29, 1.82) is 0 Å². The third-order valence-electron chi connectivity index (χ3n) is 4.50. The van der Waals surface area contributed by atoms with E-state index in [1.807, 2.05) is 12.4 Å². The standard InChI is InChI=1S/C21H13N/c1-3-7-18-16(5-1)17-6-2-4-8-19(17)21-12-15-13-22-10-9-14(15)11-20(18)21/h1-13H. The first kappa shape index (κ1) is 11.7. The Hall–Kier alpha value is -2.93. The summed E-state index contributed by atoms with van der Waals surface area (Å²) in [6, 6.07) is 24.0. The molecule has 0 saturated heterocycles. The number of hydrogen-bond donors (Lipinski definition) is 0. The van der Waals surface area contributed by atoms with Crippen LogP contribution in [0.25, 0.3) is 43.1 Å². The van der Waals surface area contributed by atoms with E-state index in [1.165, 1.54) is 43.1 Å². The number of hydrogen-bond acceptors (Lipinski definition) is 1. The first-order valence-electron chi connectivity index (χ1n) is 7.49. The highest BCUT2D eigenvalue weighted by atomic mass is 14.6. The molecule has 1 nitrogen and oxygen atoms in total. The van der Waals surface area contributed by atoms with E-state index in [0.717, 1.165) is 0 Å². The van der Waals surface area contributed by atoms with Gasteiger partial charge in [-0.1, -0.05) is 48.5 Å². The smallest absolute Gasteiger partial charge is 0.0346 e. The molecule has 0 spiro atoms. The summed E-state index contributed by atoms with van der Waals surface area (Å²) in [7, 11) is 0. The summed E-state index contributed by atoms with van der Waals surface area (Å²) in [6.45, 7) is 0. The quantitative estimate of drug-likeness (QED) is 0.262. The zero-order chi connectivity index (χ0) is 14.5. The monoisotopic (exact) mass is 279 g/mol. The molecular formula is C21H13N. The van der Waals surface area contributed by atoms with Crippen LogP contribution in [-0.4, -0.2) is 4.98 Å². The molecule has 0 aliphatic carbocycles. The summed E-state index contributed by atoms with van der Waals surface area (Å²) >= 11 is 0. The molecule has 0 saturated carbocycles. The van der Waals surface area contributed by atoms with E-state index >= 15 is 0 Å². The SMILES string of the molecule is c1ccc2c(c1)c1ccccc1c1cc3cnccc3cc21. The lowest BCUT2D eigenvalue weighted by molar-refractivity contribution is 1.37. The van der Waals surface area contributed by atoms with E-state index in [-0.39, 0.29) is 0 Å². The third-order valence-corrected chi connectivity index (χ3v) is 4.50. The molecule has 1 aromatic heterocycles. The van der Waals surface area contributed by atoms with Gasteiger partial charge in [-0.2, -0.15) is 0 Å². The van der Waals surface area contributed by atoms with Gasteiger partial charge in [-0.05, 0) is 55.9 Å². The summed E-state index contributed by atoms with van der Waals surface area (Å²) in [4.78, 5) is 4.26. The van der Waals surface area contributed by atoms with Crippen molar-refractivity contribution in [2.24, 2.45) is 0 Å². The minimum Gasteiger partial charge on any atom is -0.264 e. The van der Waals surface area contributed by atoms with Gasteiger partial charge < -0.3 is 0 Å². The summed E-state index contributed by atoms with van der Waals surface area (Å²) in [5.74, 6) is 0. The zero-order valence-corrected chi connectivity index (χ0v) is 12.0. The Kier molecular flexibility index (Phi) is 2.28. The van der Waals surface area contributed by atoms with Crippen LogP contribution in [0.4, 0.5) is 0 Å². The topological polar surface area (TPSA) is 12.9 Å². The van der Waals surface area contributed by atoms with Crippen LogP contribution in [0.1, 0.15) is 0 Å². The number of fused-ring (bicyclic) bond motifs is 7. The molecule has 0 aliphatic rings. The van der Waals surface area contributed by atoms with Crippen LogP contribution in [0.3, 0.4) is 0 Å². The van der Waals surface area contributed by atoms with Crippen LogP contribution in [0.15, 0.2) is 79.1 Å². The molecule has 0 atom stereocenters. The van der Waals surface area contributed by atoms with Crippen LogP contribution in [0.2, 0.25) is 0 Å². The molecule has 0 radical (unpaired) electrons. The van der Waals surface area contributed by atoms with Gasteiger partial charge in [0.1, 0.15) is 0 Å². The van der Waals surface area contributed by atoms with E-state index in [1.54, 1.807) is 0 Å². The van der Waals surface area contributed by atoms with Crippen molar-refractivity contribution in [2.75, 3.05) is 0 Å². The molecule has 4 aromatic carbocycles. The maximum atomic E-state index is 4.26. The molecule has 102 valence electrons. The predicted molar refractivity (Wildman–Crippen MR) is 94.3 cm³/mol. The molecule has 1 heterocycles. The number of nitrogens with zero attached hydrogens (tertiary/aromatic N) is 1. The Morgan fingerprint density at radius 1 is 0.500 bits per heavy atom. The second-order valence-corrected chi connectivity index (χ2v) is 5.71. The van der Waals surface area contributed by atoms with E-state index in [2.05, 4.69) is 71.7 Å². The van der Waals surface area contributed by atoms with Crippen LogP contribution < -0.4 is 0 Å². The molecule has 0 amide bonds. The lowest BCUT2D eigenvalue weighted by Crippen LogP contribution is -1.84. The highest BCUT2D eigenvalue weighted by molar-refractivity contribution is 6.27. The first-order valence-corrected chi connectivity index (χ1v) is 7.49. The maximum absolute atomic E-state index is 4.26. The van der Waals surface area contributed by atoms with Gasteiger partial charge in [0, 0.05) is 17.8 Å². The predicted octanol–water partition coefficient (Wildman–Crippen LogP) is 5.69. The minimum atomic E-state index is 1.19. The fourth-order valence-electron chi connectivity index (χ4n) is 3.49. The Balaban J connectivity index is 2.17. The maximum Gasteiger partial charge on any atom is 0.0346 e. The number of rotatable bonds is 0. The fraction of sp³-hybridized carbons (Fsp3) is 0. The Morgan fingerprint density at radius 2 is 1.00 bits per heavy atom. The van der Waals surface area contributed by atoms with E-state index in [0.29, 0.717) is 0 Å². The lowest BCUT2D eigenvalue weighted by atomic mass is 9.93. The third kappa shape index (κ3) is 1.51. The molecule has 0 N–H and O–H groups in total. The summed E-state index contributed by atoms with van der Waals surface area (Å²) < 4.78 is 0. The normalized spacial score (nSPS) is 11.6. The fourth-order valence-corrected chi connectivity index (χ4v) is 3.49. The highest BCUT2D eigenvalue weighted by Gasteiger charge is 2.08. The number of aromatic nitrogens is 1. The lowest BCUT2D eigenvalue weighted by Gasteiger charge is -2.11. The molecule has 0 bridgehead atoms. The van der Waals surface area contributed by atoms with Gasteiger partial charge in [0.2, 0.25) is 0 Å². The van der Waals surface area contributed by atoms with Crippen LogP contribution in [0, 0.1) is 0 Å². The van der Waals surface area contributed by atoms with E-state index in [9.17, 15) is 0 Å². The molecule has 5 rings (SSSR count). The first-order chi connectivity index (χ1) is 10.9. The van der Waals surface area contributed by atoms with Crippen LogP contribution in [0.5, 0.6) is 0 Å². The van der Waals surface area contributed by atoms with Crippen molar-refractivity contribution in [3.05, 3.63) is 79.1 Å². The van der Waals surface area contributed by atoms with Crippen LogP contribution in [-0.2, 0) is 0 Å². The Labute approximate surface area is 127 Å². The largest absolute Gasteiger partial charge is 0.264 e. The van der Waals surface area contributed by atoms with Gasteiger partial charge in [-0.25, -0.2) is 0 Å². The molecule has 0 aliphatic heterocycles. The zero-order valence-electron chi connectivity index (χ0n) is 12.0. The molecule has 22 heavy (non-hydrogen) atoms. The second kappa shape index (κ2) is 4.28. The molecule has 1 heteroatoms. The summed E-state index contributed by atoms with van der Waals surface area (Å²) in [5, 5.41) is 10.3. The van der Waals surface area contributed by atoms with Crippen molar-refractivity contribution < 1.29 is 0 Å². The van der Waals surface area contributed by atoms with Gasteiger partial charge in [-0.15, -0.1) is 0 Å². The number of benzene rings is 4. The summed E-state index contributed by atoms with van der Waals surface area (Å²) in [6.07, 6.45) is 3.80. The van der Waals surface area contributed by atoms with Gasteiger partial charge >= 0.3 is 0 Å². The molecule has 0 unspecified atom stereocenters. The highest BCUT2D eigenvalue weighted by Crippen LogP contribution is 2.36. The van der Waals surface area contributed by atoms with Crippen molar-refractivity contribution in [2.45, 2.75) is 0 Å². The van der Waals surface area contributed by atoms with Crippen molar-refractivity contribution in [3.8, 4) is 0 Å². The summed E-state index contributed by atoms with van der Waals surface area (Å²) in [5.41, 5.74) is 0. The molecule has 0 fully saturated rings. The van der Waals surface area contributed by atoms with Gasteiger partial charge in [-0.3, -0.25) is 4.98 Å². The molecule has 5 aromatic rings. The average molecular weight is 279 g/mol. The van der Waals surface area contributed by atoms with Gasteiger partial charge in [0.05, 0.1) is 0 Å². The van der Waals surface area contributed by atoms with Crippen molar-refractivity contribution in [1.82, 2.24) is 4.98 Å². The average Bonchev–Trinajstić information content (AvgIpc) is 2.61. The van der Waals surface area contributed by atoms with Crippen LogP contribution >= 0.6 is 0 Å². The van der Waals surface area contributed by atoms with Crippen molar-refractivity contribution in [3.63, 3.8) is 0 Å². The molecular weight excluding hydrogens is 266 g/mol. The van der Waals surface area contributed by atoms with Gasteiger partial charge in [0.15, 0.2) is 0 Å². The van der Waals surface area contributed by atoms with E-state index in [4.69, 9.17) is 0 Å². The van der Waals surface area contributed by atoms with E-state index < -0.39 is 0 Å². The minimum absolute atomic E-state index is 1.19. The van der Waals surface area contributed by atoms with Crippen molar-refractivity contribution >= 4 is 43.1 Å². The Morgan fingerprint density at radius 3 is 1.59 bits per heavy atom. The second-order valence-electron chi connectivity index (χ2n) is 5.71. The number of pyridine rings is 1. The Bertz CT molecular complexity index is 1080. The van der Waals surface area contributed by atoms with Gasteiger partial charge in [0.25, 0.3) is 0 Å².